The maximum absolute atomic E-state index is 4.76. The van der Waals surface area contributed by atoms with Crippen molar-refractivity contribution in [1.29, 1.82) is 0 Å². The van der Waals surface area contributed by atoms with Gasteiger partial charge in [0, 0.05) is 204 Å². The average molecular weight is 1140 g/mol. The van der Waals surface area contributed by atoms with Gasteiger partial charge in [-0.1, -0.05) is 91.0 Å². The summed E-state index contributed by atoms with van der Waals surface area (Å²) in [7, 11) is 30.8. The van der Waals surface area contributed by atoms with E-state index in [1.165, 1.54) is 38.8 Å². The molecule has 4 aromatic carbocycles. The normalized spacial score (nSPS) is 9.93. The highest BCUT2D eigenvalue weighted by atomic mass is 33.5. The summed E-state index contributed by atoms with van der Waals surface area (Å²) in [5.74, 6) is 0. The molecule has 0 fully saturated rings. The van der Waals surface area contributed by atoms with E-state index in [4.69, 9.17) is 22.4 Å². The summed E-state index contributed by atoms with van der Waals surface area (Å²) in [5.41, 5.74) is 4.63. The van der Waals surface area contributed by atoms with Gasteiger partial charge in [0.05, 0.1) is 11.7 Å². The Balaban J connectivity index is 0.000000286. The fourth-order valence-electron chi connectivity index (χ4n) is 3.68. The molecule has 4 aromatic rings. The van der Waals surface area contributed by atoms with Crippen molar-refractivity contribution >= 4 is 223 Å². The van der Waals surface area contributed by atoms with E-state index in [-0.39, 0.29) is 6.04 Å². The molecule has 0 aliphatic rings. The highest BCUT2D eigenvalue weighted by Gasteiger charge is 2.11. The number of anilines is 1. The highest BCUT2D eigenvalue weighted by molar-refractivity contribution is 8.78. The second-order valence-electron chi connectivity index (χ2n) is 8.90. The van der Waals surface area contributed by atoms with Crippen LogP contribution in [0.15, 0.2) is 137 Å². The molecule has 0 aliphatic heterocycles. The fraction of sp³-hybridized carbons (Fsp3) is 0.129. The molecular weight excluding hydrogens is 1110 g/mol. The molecule has 0 saturated heterocycles. The summed E-state index contributed by atoms with van der Waals surface area (Å²) in [6, 6.07) is 37.5. The molecule has 55 heavy (non-hydrogen) atoms. The first kappa shape index (κ1) is 52.3. The van der Waals surface area contributed by atoms with Gasteiger partial charge in [-0.15, -0.1) is 30.1 Å². The standard InChI is InChI=1S/C17H19NS.C14H13NS.S20/c1-3-9-15(14-10-5-4-6-11-14)18-16-12-7-8-13-17(16)19-2;1-16-14-10-6-5-9-13(14)15-11-12-7-3-2-4-8-12;1-3-5-7-9-11-13-15-17-19-20-18-16-14-12-10-8-6-4-2/h3-8,10-13,15,18H,1,9H2,2H3;2-11H,1H3;. The van der Waals surface area contributed by atoms with Crippen molar-refractivity contribution in [3.05, 3.63) is 133 Å². The van der Waals surface area contributed by atoms with Gasteiger partial charge in [-0.3, -0.25) is 4.99 Å². The van der Waals surface area contributed by atoms with Crippen LogP contribution in [0.2, 0.25) is 0 Å². The SMILES string of the molecule is C=CCC(Nc1ccccc1SC)c1ccccc1.CSc1ccccc1N=Cc1ccccc1.S=S=S=S=S=S=S=S=S=S=S=S=S=S=S=S=S=S=S=S. The third kappa shape index (κ3) is 26.9. The van der Waals surface area contributed by atoms with Crippen LogP contribution in [0.5, 0.6) is 0 Å². The van der Waals surface area contributed by atoms with E-state index in [1.807, 2.05) is 66.9 Å². The summed E-state index contributed by atoms with van der Waals surface area (Å²) in [6.45, 7) is 3.86. The molecule has 1 atom stereocenters. The van der Waals surface area contributed by atoms with Crippen LogP contribution in [-0.2, 0) is 182 Å². The lowest BCUT2D eigenvalue weighted by Gasteiger charge is -2.20. The minimum absolute atomic E-state index is 0.270. The molecule has 4 rings (SSSR count). The minimum Gasteiger partial charge on any atom is -0.377 e. The monoisotopic (exact) mass is 1140 g/mol. The van der Waals surface area contributed by atoms with Crippen molar-refractivity contribution in [3.8, 4) is 0 Å². The zero-order valence-corrected chi connectivity index (χ0v) is 46.4. The van der Waals surface area contributed by atoms with E-state index < -0.39 is 0 Å². The molecule has 0 bridgehead atoms. The Bertz CT molecular complexity index is 2560. The fourth-order valence-corrected chi connectivity index (χ4v) is 48.7. The quantitative estimate of drug-likeness (QED) is 0.103. The topological polar surface area (TPSA) is 24.4 Å². The van der Waals surface area contributed by atoms with Crippen LogP contribution in [-0.4, -0.2) is 18.7 Å². The number of aliphatic imine (C=N–C) groups is 1. The number of benzene rings is 4. The van der Waals surface area contributed by atoms with Crippen molar-refractivity contribution in [3.63, 3.8) is 0 Å². The highest BCUT2D eigenvalue weighted by Crippen LogP contribution is 2.30. The van der Waals surface area contributed by atoms with E-state index in [0.717, 1.165) is 17.7 Å². The molecule has 0 spiro atoms. The third-order valence-corrected chi connectivity index (χ3v) is 45.1. The van der Waals surface area contributed by atoms with Crippen LogP contribution < -0.4 is 5.32 Å². The van der Waals surface area contributed by atoms with Gasteiger partial charge >= 0.3 is 0 Å². The lowest BCUT2D eigenvalue weighted by Crippen LogP contribution is -2.10. The molecule has 0 amide bonds. The van der Waals surface area contributed by atoms with Crippen LogP contribution in [0.25, 0.3) is 0 Å². The summed E-state index contributed by atoms with van der Waals surface area (Å²) in [6.07, 6.45) is 8.94. The first-order chi connectivity index (χ1) is 27.2. The number of hydrogen-bond donors (Lipinski definition) is 1. The Morgan fingerprint density at radius 3 is 1.44 bits per heavy atom. The molecular formula is C31H32N2S22. The van der Waals surface area contributed by atoms with Crippen LogP contribution >= 0.6 is 23.5 Å². The maximum atomic E-state index is 4.76. The maximum Gasteiger partial charge on any atom is 0.0765 e. The molecule has 0 radical (unpaired) electrons. The van der Waals surface area contributed by atoms with E-state index in [2.05, 4.69) is 84.0 Å². The molecule has 1 unspecified atom stereocenters. The van der Waals surface area contributed by atoms with Gasteiger partial charge in [0.15, 0.2) is 0 Å². The molecule has 0 heterocycles. The Morgan fingerprint density at radius 1 is 0.545 bits per heavy atom. The Labute approximate surface area is 394 Å². The number of rotatable bonds is 9. The molecule has 0 aliphatic carbocycles. The van der Waals surface area contributed by atoms with Gasteiger partial charge in [0.1, 0.15) is 0 Å². The third-order valence-electron chi connectivity index (χ3n) is 5.75. The summed E-state index contributed by atoms with van der Waals surface area (Å²) >= 11 is 13.0. The lowest BCUT2D eigenvalue weighted by atomic mass is 10.0. The van der Waals surface area contributed by atoms with E-state index >= 15 is 0 Å². The van der Waals surface area contributed by atoms with Gasteiger partial charge in [0.25, 0.3) is 0 Å². The zero-order valence-electron chi connectivity index (χ0n) is 28.5. The predicted molar refractivity (Wildman–Crippen MR) is 305 cm³/mol. The van der Waals surface area contributed by atoms with Gasteiger partial charge in [-0.05, 0) is 54.3 Å². The van der Waals surface area contributed by atoms with Crippen LogP contribution in [0.3, 0.4) is 0 Å². The minimum atomic E-state index is 0.270. The number of hydrogen-bond acceptors (Lipinski definition) is 6. The predicted octanol–water partition coefficient (Wildman–Crippen LogP) is 9.25. The molecule has 24 heteroatoms. The summed E-state index contributed by atoms with van der Waals surface area (Å²) in [5, 5.41) is 3.62. The van der Waals surface area contributed by atoms with E-state index in [0.29, 0.717) is 0 Å². The Kier molecular flexibility index (Phi) is 36.3. The smallest absolute Gasteiger partial charge is 0.0765 e. The van der Waals surface area contributed by atoms with Gasteiger partial charge < -0.3 is 5.32 Å². The number of para-hydroxylation sites is 2. The van der Waals surface area contributed by atoms with Crippen LogP contribution in [0.1, 0.15) is 23.6 Å². The Morgan fingerprint density at radius 2 is 0.964 bits per heavy atom. The van der Waals surface area contributed by atoms with Crippen LogP contribution in [0, 0.1) is 0 Å². The van der Waals surface area contributed by atoms with Crippen molar-refractivity contribution in [2.24, 2.45) is 4.99 Å². The van der Waals surface area contributed by atoms with Crippen LogP contribution in [0.4, 0.5) is 11.4 Å². The van der Waals surface area contributed by atoms with Crippen molar-refractivity contribution in [2.45, 2.75) is 22.3 Å². The summed E-state index contributed by atoms with van der Waals surface area (Å²) < 4.78 is 0. The molecule has 298 valence electrons. The van der Waals surface area contributed by atoms with Crippen molar-refractivity contribution in [1.82, 2.24) is 0 Å². The second-order valence-corrected chi connectivity index (χ2v) is 42.4. The van der Waals surface area contributed by atoms with Gasteiger partial charge in [0.2, 0.25) is 0 Å². The zero-order chi connectivity index (χ0) is 39.4. The molecule has 2 nitrogen and oxygen atoms in total. The summed E-state index contributed by atoms with van der Waals surface area (Å²) in [4.78, 5) is 6.98. The van der Waals surface area contributed by atoms with Gasteiger partial charge in [-0.2, -0.15) is 0 Å². The molecule has 0 aromatic heterocycles. The van der Waals surface area contributed by atoms with Crippen molar-refractivity contribution in [2.75, 3.05) is 17.8 Å². The first-order valence-corrected chi connectivity index (χ1v) is 42.5. The first-order valence-electron chi connectivity index (χ1n) is 14.7. The lowest BCUT2D eigenvalue weighted by molar-refractivity contribution is 0.795. The number of nitrogens with zero attached hydrogens (tertiary/aromatic N) is 1. The average Bonchev–Trinajstić information content (AvgIpc) is 3.24. The number of thioether (sulfide) groups is 2. The Hall–Kier alpha value is 1.19. The second kappa shape index (κ2) is 38.1. The largest absolute Gasteiger partial charge is 0.377 e. The van der Waals surface area contributed by atoms with Gasteiger partial charge in [-0.25, -0.2) is 0 Å². The van der Waals surface area contributed by atoms with E-state index in [1.54, 1.807) is 166 Å². The molecule has 0 saturated carbocycles. The van der Waals surface area contributed by atoms with Crippen molar-refractivity contribution < 1.29 is 0 Å². The molecule has 1 N–H and O–H groups in total. The van der Waals surface area contributed by atoms with E-state index in [9.17, 15) is 0 Å². The number of nitrogens with one attached hydrogen (secondary N) is 1.